The average molecular weight is 367 g/mol. The highest BCUT2D eigenvalue weighted by molar-refractivity contribution is 5.96. The molecule has 2 N–H and O–H groups in total. The lowest BCUT2D eigenvalue weighted by molar-refractivity contribution is -0.115. The smallest absolute Gasteiger partial charge is 0.251 e. The molecule has 7 heteroatoms. The summed E-state index contributed by atoms with van der Waals surface area (Å²) >= 11 is 0. The van der Waals surface area contributed by atoms with Crippen LogP contribution in [0.5, 0.6) is 11.5 Å². The van der Waals surface area contributed by atoms with Crippen molar-refractivity contribution in [3.05, 3.63) is 53.6 Å². The van der Waals surface area contributed by atoms with Crippen LogP contribution in [-0.2, 0) is 11.2 Å². The van der Waals surface area contributed by atoms with Crippen molar-refractivity contribution >= 4 is 17.5 Å². The molecule has 0 spiro atoms. The molecule has 0 fully saturated rings. The van der Waals surface area contributed by atoms with Crippen LogP contribution in [0, 0.1) is 11.3 Å². The SMILES string of the molecule is COc1ccc(CCNC(=O)c2ccc(NC(=O)CC#N)cc2)cc1OC. The van der Waals surface area contributed by atoms with Gasteiger partial charge in [0.25, 0.3) is 5.91 Å². The Balaban J connectivity index is 1.87. The van der Waals surface area contributed by atoms with E-state index in [0.717, 1.165) is 5.56 Å². The summed E-state index contributed by atoms with van der Waals surface area (Å²) in [6.45, 7) is 0.467. The van der Waals surface area contributed by atoms with Crippen molar-refractivity contribution in [1.29, 1.82) is 5.26 Å². The van der Waals surface area contributed by atoms with E-state index in [2.05, 4.69) is 10.6 Å². The Morgan fingerprint density at radius 1 is 1.04 bits per heavy atom. The highest BCUT2D eigenvalue weighted by Gasteiger charge is 2.08. The molecule has 0 heterocycles. The van der Waals surface area contributed by atoms with Gasteiger partial charge in [0, 0.05) is 17.8 Å². The van der Waals surface area contributed by atoms with Crippen LogP contribution in [0.25, 0.3) is 0 Å². The van der Waals surface area contributed by atoms with Gasteiger partial charge in [0.2, 0.25) is 5.91 Å². The molecular weight excluding hydrogens is 346 g/mol. The average Bonchev–Trinajstić information content (AvgIpc) is 2.68. The number of carbonyl (C=O) groups is 2. The van der Waals surface area contributed by atoms with Crippen molar-refractivity contribution in [2.24, 2.45) is 0 Å². The topological polar surface area (TPSA) is 100 Å². The highest BCUT2D eigenvalue weighted by atomic mass is 16.5. The number of rotatable bonds is 8. The molecule has 7 nitrogen and oxygen atoms in total. The van der Waals surface area contributed by atoms with E-state index < -0.39 is 0 Å². The molecule has 0 saturated heterocycles. The minimum Gasteiger partial charge on any atom is -0.493 e. The first-order chi connectivity index (χ1) is 13.1. The third-order valence-corrected chi connectivity index (χ3v) is 3.82. The lowest BCUT2D eigenvalue weighted by Crippen LogP contribution is -2.25. The van der Waals surface area contributed by atoms with E-state index >= 15 is 0 Å². The first kappa shape index (κ1) is 19.8. The molecule has 0 bridgehead atoms. The Bertz CT molecular complexity index is 841. The van der Waals surface area contributed by atoms with Crippen LogP contribution >= 0.6 is 0 Å². The maximum absolute atomic E-state index is 12.2. The highest BCUT2D eigenvalue weighted by Crippen LogP contribution is 2.27. The summed E-state index contributed by atoms with van der Waals surface area (Å²) < 4.78 is 10.5. The number of methoxy groups -OCH3 is 2. The minimum absolute atomic E-state index is 0.203. The zero-order valence-electron chi connectivity index (χ0n) is 15.2. The Hall–Kier alpha value is -3.53. The van der Waals surface area contributed by atoms with Gasteiger partial charge < -0.3 is 20.1 Å². The Morgan fingerprint density at radius 3 is 2.37 bits per heavy atom. The van der Waals surface area contributed by atoms with Gasteiger partial charge in [-0.05, 0) is 48.4 Å². The molecule has 0 aliphatic heterocycles. The monoisotopic (exact) mass is 367 g/mol. The quantitative estimate of drug-likeness (QED) is 0.747. The number of hydrogen-bond donors (Lipinski definition) is 2. The molecule has 0 atom stereocenters. The summed E-state index contributed by atoms with van der Waals surface area (Å²) in [6, 6.07) is 13.9. The summed E-state index contributed by atoms with van der Waals surface area (Å²) in [5.74, 6) is 0.720. The van der Waals surface area contributed by atoms with Crippen LogP contribution in [0.15, 0.2) is 42.5 Å². The zero-order chi connectivity index (χ0) is 19.6. The van der Waals surface area contributed by atoms with E-state index in [0.29, 0.717) is 35.7 Å². The number of nitriles is 1. The van der Waals surface area contributed by atoms with Gasteiger partial charge in [-0.2, -0.15) is 5.26 Å². The van der Waals surface area contributed by atoms with Gasteiger partial charge in [0.1, 0.15) is 6.42 Å². The molecule has 0 aliphatic rings. The summed E-state index contributed by atoms with van der Waals surface area (Å²) in [7, 11) is 3.16. The predicted octanol–water partition coefficient (Wildman–Crippen LogP) is 2.53. The van der Waals surface area contributed by atoms with Crippen LogP contribution in [0.4, 0.5) is 5.69 Å². The van der Waals surface area contributed by atoms with Gasteiger partial charge in [0.15, 0.2) is 11.5 Å². The number of nitrogens with one attached hydrogen (secondary N) is 2. The largest absolute Gasteiger partial charge is 0.493 e. The van der Waals surface area contributed by atoms with Crippen molar-refractivity contribution in [3.63, 3.8) is 0 Å². The van der Waals surface area contributed by atoms with Crippen LogP contribution in [0.1, 0.15) is 22.3 Å². The normalized spacial score (nSPS) is 9.81. The molecular formula is C20H21N3O4. The van der Waals surface area contributed by atoms with E-state index in [4.69, 9.17) is 14.7 Å². The molecule has 0 radical (unpaired) electrons. The van der Waals surface area contributed by atoms with E-state index in [9.17, 15) is 9.59 Å². The standard InChI is InChI=1S/C20H21N3O4/c1-26-17-8-3-14(13-18(17)27-2)10-12-22-20(25)15-4-6-16(7-5-15)23-19(24)9-11-21/h3-8,13H,9-10,12H2,1-2H3,(H,22,25)(H,23,24). The van der Waals surface area contributed by atoms with Crippen molar-refractivity contribution in [2.75, 3.05) is 26.1 Å². The van der Waals surface area contributed by atoms with Gasteiger partial charge in [0.05, 0.1) is 20.3 Å². The van der Waals surface area contributed by atoms with Crippen LogP contribution < -0.4 is 20.1 Å². The maximum Gasteiger partial charge on any atom is 0.251 e. The third-order valence-electron chi connectivity index (χ3n) is 3.82. The molecule has 2 aromatic rings. The van der Waals surface area contributed by atoms with Crippen molar-refractivity contribution in [1.82, 2.24) is 5.32 Å². The van der Waals surface area contributed by atoms with Gasteiger partial charge in [-0.25, -0.2) is 0 Å². The minimum atomic E-state index is -0.385. The van der Waals surface area contributed by atoms with Crippen LogP contribution in [0.2, 0.25) is 0 Å². The van der Waals surface area contributed by atoms with Crippen LogP contribution in [-0.4, -0.2) is 32.6 Å². The van der Waals surface area contributed by atoms with Crippen molar-refractivity contribution < 1.29 is 19.1 Å². The zero-order valence-corrected chi connectivity index (χ0v) is 15.2. The van der Waals surface area contributed by atoms with E-state index in [1.54, 1.807) is 44.6 Å². The molecule has 2 rings (SSSR count). The van der Waals surface area contributed by atoms with Gasteiger partial charge >= 0.3 is 0 Å². The maximum atomic E-state index is 12.2. The lowest BCUT2D eigenvalue weighted by atomic mass is 10.1. The Morgan fingerprint density at radius 2 is 1.74 bits per heavy atom. The van der Waals surface area contributed by atoms with Gasteiger partial charge in [-0.1, -0.05) is 6.07 Å². The van der Waals surface area contributed by atoms with E-state index in [-0.39, 0.29) is 18.2 Å². The van der Waals surface area contributed by atoms with E-state index in [1.807, 2.05) is 18.2 Å². The number of ether oxygens (including phenoxy) is 2. The second-order valence-corrected chi connectivity index (χ2v) is 5.66. The molecule has 0 saturated carbocycles. The molecule has 2 amide bonds. The fourth-order valence-corrected chi connectivity index (χ4v) is 2.44. The molecule has 0 aromatic heterocycles. The number of anilines is 1. The summed E-state index contributed by atoms with van der Waals surface area (Å²) in [5.41, 5.74) is 2.04. The van der Waals surface area contributed by atoms with Crippen LogP contribution in [0.3, 0.4) is 0 Å². The number of amides is 2. The van der Waals surface area contributed by atoms with Gasteiger partial charge in [-0.15, -0.1) is 0 Å². The lowest BCUT2D eigenvalue weighted by Gasteiger charge is -2.10. The first-order valence-electron chi connectivity index (χ1n) is 8.33. The molecule has 0 aliphatic carbocycles. The van der Waals surface area contributed by atoms with E-state index in [1.165, 1.54) is 0 Å². The predicted molar refractivity (Wildman–Crippen MR) is 101 cm³/mol. The number of carbonyl (C=O) groups excluding carboxylic acids is 2. The fraction of sp³-hybridized carbons (Fsp3) is 0.250. The molecule has 27 heavy (non-hydrogen) atoms. The first-order valence-corrected chi connectivity index (χ1v) is 8.33. The Labute approximate surface area is 157 Å². The molecule has 140 valence electrons. The summed E-state index contributed by atoms with van der Waals surface area (Å²) in [6.07, 6.45) is 0.437. The molecule has 2 aromatic carbocycles. The van der Waals surface area contributed by atoms with Gasteiger partial charge in [-0.3, -0.25) is 9.59 Å². The summed E-state index contributed by atoms with van der Waals surface area (Å²) in [5, 5.41) is 13.9. The summed E-state index contributed by atoms with van der Waals surface area (Å²) in [4.78, 5) is 23.6. The number of hydrogen-bond acceptors (Lipinski definition) is 5. The Kier molecular flexibility index (Phi) is 7.20. The number of benzene rings is 2. The molecule has 0 unspecified atom stereocenters. The number of nitrogens with zero attached hydrogens (tertiary/aromatic N) is 1. The second kappa shape index (κ2) is 9.82. The second-order valence-electron chi connectivity index (χ2n) is 5.66. The fourth-order valence-electron chi connectivity index (χ4n) is 2.44. The third kappa shape index (κ3) is 5.75. The van der Waals surface area contributed by atoms with Crippen molar-refractivity contribution in [2.45, 2.75) is 12.8 Å². The van der Waals surface area contributed by atoms with Crippen molar-refractivity contribution in [3.8, 4) is 17.6 Å².